The number of fused-ring (bicyclic) bond motifs is 1. The largest absolute Gasteiger partial charge is 0.497 e. The van der Waals surface area contributed by atoms with Gasteiger partial charge in [-0.1, -0.05) is 18.2 Å². The molecule has 3 aromatic rings. The van der Waals surface area contributed by atoms with Gasteiger partial charge in [-0.3, -0.25) is 0 Å². The maximum Gasteiger partial charge on any atom is 0.343 e. The third-order valence-corrected chi connectivity index (χ3v) is 7.74. The van der Waals surface area contributed by atoms with Crippen LogP contribution in [-0.4, -0.2) is 51.7 Å². The van der Waals surface area contributed by atoms with Crippen LogP contribution in [0.1, 0.15) is 59.7 Å². The second-order valence-corrected chi connectivity index (χ2v) is 11.2. The van der Waals surface area contributed by atoms with Gasteiger partial charge in [-0.2, -0.15) is 0 Å². The van der Waals surface area contributed by atoms with E-state index >= 15 is 0 Å². The summed E-state index contributed by atoms with van der Waals surface area (Å²) in [7, 11) is 6.08. The Kier molecular flexibility index (Phi) is 7.57. The molecule has 2 aliphatic rings. The maximum absolute atomic E-state index is 13.3. The van der Waals surface area contributed by atoms with Gasteiger partial charge in [0.15, 0.2) is 17.2 Å². The van der Waals surface area contributed by atoms with E-state index < -0.39 is 17.2 Å². The molecular formula is C32H36N2O8. The van der Waals surface area contributed by atoms with Crippen LogP contribution in [0.5, 0.6) is 34.5 Å². The second-order valence-electron chi connectivity index (χ2n) is 11.2. The number of ether oxygens (including phenoxy) is 6. The van der Waals surface area contributed by atoms with Crippen LogP contribution in [0, 0.1) is 6.92 Å². The number of esters is 1. The molecule has 0 aliphatic carbocycles. The SMILES string of the molecule is COc1ccc([C@H]2C[C@]3(CC(C)(C)NC(=O)N3)Oc3c2ccc(OC(=O)c2cc(OC)c(OC)c(OC)c2)c3C)cc1. The lowest BCUT2D eigenvalue weighted by Crippen LogP contribution is -2.69. The first kappa shape index (κ1) is 28.9. The Balaban J connectivity index is 1.55. The molecule has 0 unspecified atom stereocenters. The van der Waals surface area contributed by atoms with Crippen LogP contribution < -0.4 is 39.1 Å². The minimum atomic E-state index is -0.979. The number of rotatable bonds is 7. The molecule has 0 radical (unpaired) electrons. The van der Waals surface area contributed by atoms with E-state index in [2.05, 4.69) is 10.6 Å². The molecule has 2 amide bonds. The number of benzene rings is 3. The molecule has 222 valence electrons. The van der Waals surface area contributed by atoms with Crippen molar-refractivity contribution in [1.29, 1.82) is 0 Å². The van der Waals surface area contributed by atoms with Crippen molar-refractivity contribution in [3.63, 3.8) is 0 Å². The fraction of sp³-hybridized carbons (Fsp3) is 0.375. The van der Waals surface area contributed by atoms with E-state index in [0.29, 0.717) is 47.2 Å². The molecule has 2 N–H and O–H groups in total. The van der Waals surface area contributed by atoms with Gasteiger partial charge in [-0.15, -0.1) is 0 Å². The van der Waals surface area contributed by atoms with Crippen LogP contribution in [0.3, 0.4) is 0 Å². The van der Waals surface area contributed by atoms with E-state index in [1.165, 1.54) is 33.5 Å². The van der Waals surface area contributed by atoms with Crippen molar-refractivity contribution < 1.29 is 38.0 Å². The van der Waals surface area contributed by atoms with E-state index in [1.54, 1.807) is 13.2 Å². The van der Waals surface area contributed by atoms with Gasteiger partial charge in [0.2, 0.25) is 5.75 Å². The average Bonchev–Trinajstić information content (AvgIpc) is 2.96. The summed E-state index contributed by atoms with van der Waals surface area (Å²) < 4.78 is 34.1. The zero-order chi connectivity index (χ0) is 30.2. The Hall–Kier alpha value is -4.60. The molecule has 2 heterocycles. The fourth-order valence-corrected chi connectivity index (χ4v) is 5.92. The molecule has 10 heteroatoms. The van der Waals surface area contributed by atoms with Crippen molar-refractivity contribution in [2.75, 3.05) is 28.4 Å². The van der Waals surface area contributed by atoms with Crippen molar-refractivity contribution in [3.8, 4) is 34.5 Å². The zero-order valence-corrected chi connectivity index (χ0v) is 24.9. The number of carbonyl (C=O) groups is 2. The lowest BCUT2D eigenvalue weighted by Gasteiger charge is -2.49. The summed E-state index contributed by atoms with van der Waals surface area (Å²) >= 11 is 0. The Morgan fingerprint density at radius 2 is 1.55 bits per heavy atom. The topological polar surface area (TPSA) is 114 Å². The first-order valence-corrected chi connectivity index (χ1v) is 13.6. The van der Waals surface area contributed by atoms with Crippen LogP contribution in [0.2, 0.25) is 0 Å². The van der Waals surface area contributed by atoms with E-state index in [0.717, 1.165) is 16.9 Å². The highest BCUT2D eigenvalue weighted by molar-refractivity contribution is 5.93. The lowest BCUT2D eigenvalue weighted by atomic mass is 9.76. The predicted molar refractivity (Wildman–Crippen MR) is 155 cm³/mol. The van der Waals surface area contributed by atoms with Gasteiger partial charge in [-0.05, 0) is 56.7 Å². The minimum absolute atomic E-state index is 0.104. The van der Waals surface area contributed by atoms with Crippen molar-refractivity contribution in [1.82, 2.24) is 10.6 Å². The molecule has 1 spiro atoms. The van der Waals surface area contributed by atoms with Crippen molar-refractivity contribution in [2.24, 2.45) is 0 Å². The van der Waals surface area contributed by atoms with Gasteiger partial charge < -0.3 is 39.1 Å². The normalized spacial score (nSPS) is 20.4. The van der Waals surface area contributed by atoms with Crippen molar-refractivity contribution >= 4 is 12.0 Å². The third-order valence-electron chi connectivity index (χ3n) is 7.74. The standard InChI is InChI=1S/C32H36N2O8/c1-18-24(41-29(35)20-14-25(38-5)28(40-7)26(15-20)39-6)13-12-22-23(19-8-10-21(37-4)11-9-19)16-32(42-27(18)22)17-31(2,3)33-30(36)34-32/h8-15,23H,16-17H2,1-7H3,(H2,33,34,36)/t23-,32-/m1/s1. The first-order valence-electron chi connectivity index (χ1n) is 13.6. The van der Waals surface area contributed by atoms with Gasteiger partial charge in [-0.25, -0.2) is 9.59 Å². The van der Waals surface area contributed by atoms with Crippen LogP contribution in [-0.2, 0) is 0 Å². The lowest BCUT2D eigenvalue weighted by molar-refractivity contribution is -0.0241. The van der Waals surface area contributed by atoms with Crippen LogP contribution >= 0.6 is 0 Å². The molecule has 42 heavy (non-hydrogen) atoms. The van der Waals surface area contributed by atoms with Crippen LogP contribution in [0.25, 0.3) is 0 Å². The van der Waals surface area contributed by atoms with Gasteiger partial charge in [0.1, 0.15) is 17.2 Å². The van der Waals surface area contributed by atoms with E-state index in [4.69, 9.17) is 28.4 Å². The fourth-order valence-electron chi connectivity index (χ4n) is 5.92. The molecule has 1 fully saturated rings. The summed E-state index contributed by atoms with van der Waals surface area (Å²) in [6, 6.07) is 14.3. The number of amides is 2. The number of methoxy groups -OCH3 is 4. The summed E-state index contributed by atoms with van der Waals surface area (Å²) in [6.07, 6.45) is 1.04. The number of carbonyl (C=O) groups excluding carboxylic acids is 2. The molecule has 0 saturated carbocycles. The zero-order valence-electron chi connectivity index (χ0n) is 24.9. The van der Waals surface area contributed by atoms with Gasteiger partial charge in [0.25, 0.3) is 0 Å². The molecule has 10 nitrogen and oxygen atoms in total. The van der Waals surface area contributed by atoms with Crippen LogP contribution in [0.4, 0.5) is 4.79 Å². The third kappa shape index (κ3) is 5.36. The highest BCUT2D eigenvalue weighted by Crippen LogP contribution is 2.50. The van der Waals surface area contributed by atoms with E-state index in [1.807, 2.05) is 51.1 Å². The maximum atomic E-state index is 13.3. The Labute approximate surface area is 245 Å². The summed E-state index contributed by atoms with van der Waals surface area (Å²) in [5.41, 5.74) is 1.36. The number of nitrogens with one attached hydrogen (secondary N) is 2. The number of urea groups is 1. The quantitative estimate of drug-likeness (QED) is 0.286. The molecule has 0 aromatic heterocycles. The monoisotopic (exact) mass is 576 g/mol. The van der Waals surface area contributed by atoms with Gasteiger partial charge in [0, 0.05) is 35.4 Å². The van der Waals surface area contributed by atoms with E-state index in [-0.39, 0.29) is 17.5 Å². The first-order chi connectivity index (χ1) is 20.0. The Bertz CT molecular complexity index is 1490. The van der Waals surface area contributed by atoms with Crippen molar-refractivity contribution in [2.45, 2.75) is 50.8 Å². The Morgan fingerprint density at radius 3 is 2.12 bits per heavy atom. The molecular weight excluding hydrogens is 540 g/mol. The van der Waals surface area contributed by atoms with Gasteiger partial charge in [0.05, 0.1) is 34.0 Å². The second kappa shape index (κ2) is 11.0. The smallest absolute Gasteiger partial charge is 0.343 e. The van der Waals surface area contributed by atoms with Crippen molar-refractivity contribution in [3.05, 3.63) is 70.8 Å². The molecule has 2 atom stereocenters. The van der Waals surface area contributed by atoms with Crippen LogP contribution in [0.15, 0.2) is 48.5 Å². The summed E-state index contributed by atoms with van der Waals surface area (Å²) in [4.78, 5) is 26.1. The molecule has 0 bridgehead atoms. The summed E-state index contributed by atoms with van der Waals surface area (Å²) in [5, 5.41) is 6.03. The highest BCUT2D eigenvalue weighted by Gasteiger charge is 2.50. The molecule has 5 rings (SSSR count). The number of hydrogen-bond donors (Lipinski definition) is 2. The average molecular weight is 577 g/mol. The summed E-state index contributed by atoms with van der Waals surface area (Å²) in [6.45, 7) is 5.78. The molecule has 3 aromatic carbocycles. The van der Waals surface area contributed by atoms with Gasteiger partial charge >= 0.3 is 12.0 Å². The van der Waals surface area contributed by atoms with E-state index in [9.17, 15) is 9.59 Å². The number of hydrogen-bond acceptors (Lipinski definition) is 8. The summed E-state index contributed by atoms with van der Waals surface area (Å²) in [5.74, 6) is 1.98. The highest BCUT2D eigenvalue weighted by atomic mass is 16.5. The molecule has 2 aliphatic heterocycles. The molecule has 1 saturated heterocycles. The minimum Gasteiger partial charge on any atom is -0.497 e. The predicted octanol–water partition coefficient (Wildman–Crippen LogP) is 5.34. The Morgan fingerprint density at radius 1 is 0.881 bits per heavy atom.